The molecule has 1 aromatic heterocycles. The van der Waals surface area contributed by atoms with Crippen LogP contribution in [0.3, 0.4) is 0 Å². The number of benzene rings is 1. The van der Waals surface area contributed by atoms with E-state index in [0.29, 0.717) is 17.1 Å². The molecule has 0 bridgehead atoms. The molecule has 0 unspecified atom stereocenters. The van der Waals surface area contributed by atoms with Crippen LogP contribution < -0.4 is 10.9 Å². The van der Waals surface area contributed by atoms with Gasteiger partial charge >= 0.3 is 5.63 Å². The summed E-state index contributed by atoms with van der Waals surface area (Å²) in [4.78, 5) is 21.3. The van der Waals surface area contributed by atoms with E-state index in [9.17, 15) is 14.9 Å². The van der Waals surface area contributed by atoms with Gasteiger partial charge in [-0.3, -0.25) is 10.1 Å². The lowest BCUT2D eigenvalue weighted by atomic mass is 10.2. The van der Waals surface area contributed by atoms with Crippen molar-refractivity contribution in [3.05, 3.63) is 62.7 Å². The van der Waals surface area contributed by atoms with Crippen molar-refractivity contribution in [2.75, 3.05) is 5.32 Å². The number of non-ortho nitro benzene ring substituents is 1. The van der Waals surface area contributed by atoms with E-state index in [4.69, 9.17) is 4.42 Å². The van der Waals surface area contributed by atoms with E-state index in [1.165, 1.54) is 18.2 Å². The average molecular weight is 246 g/mol. The number of nitro groups is 1. The third-order valence-corrected chi connectivity index (χ3v) is 2.24. The first-order valence-corrected chi connectivity index (χ1v) is 5.18. The molecule has 92 valence electrons. The first kappa shape index (κ1) is 11.8. The van der Waals surface area contributed by atoms with Gasteiger partial charge in [0.15, 0.2) is 0 Å². The van der Waals surface area contributed by atoms with Gasteiger partial charge in [-0.05, 0) is 13.0 Å². The summed E-state index contributed by atoms with van der Waals surface area (Å²) in [6.07, 6.45) is 0. The maximum atomic E-state index is 11.2. The highest BCUT2D eigenvalue weighted by atomic mass is 16.6. The molecule has 1 N–H and O–H groups in total. The molecule has 0 saturated heterocycles. The fourth-order valence-electron chi connectivity index (χ4n) is 1.54. The van der Waals surface area contributed by atoms with Crippen LogP contribution >= 0.6 is 0 Å². The van der Waals surface area contributed by atoms with Crippen LogP contribution in [-0.2, 0) is 0 Å². The van der Waals surface area contributed by atoms with E-state index in [1.54, 1.807) is 25.1 Å². The number of hydrogen-bond acceptors (Lipinski definition) is 5. The lowest BCUT2D eigenvalue weighted by Crippen LogP contribution is -2.01. The summed E-state index contributed by atoms with van der Waals surface area (Å²) in [6, 6.07) is 8.96. The van der Waals surface area contributed by atoms with Crippen molar-refractivity contribution in [1.82, 2.24) is 0 Å². The van der Waals surface area contributed by atoms with Gasteiger partial charge in [0.2, 0.25) is 0 Å². The first-order valence-electron chi connectivity index (χ1n) is 5.18. The molecule has 6 nitrogen and oxygen atoms in total. The predicted molar refractivity (Wildman–Crippen MR) is 66.1 cm³/mol. The number of nitrogens with one attached hydrogen (secondary N) is 1. The van der Waals surface area contributed by atoms with Crippen LogP contribution in [0.5, 0.6) is 0 Å². The Hall–Kier alpha value is -2.63. The van der Waals surface area contributed by atoms with Gasteiger partial charge in [-0.15, -0.1) is 0 Å². The third kappa shape index (κ3) is 2.73. The van der Waals surface area contributed by atoms with E-state index in [0.717, 1.165) is 0 Å². The van der Waals surface area contributed by atoms with Crippen LogP contribution in [-0.4, -0.2) is 4.92 Å². The Kier molecular flexibility index (Phi) is 3.09. The molecule has 0 amide bonds. The first-order chi connectivity index (χ1) is 8.54. The molecule has 2 aromatic rings. The van der Waals surface area contributed by atoms with Gasteiger partial charge in [0, 0.05) is 35.6 Å². The molecule has 18 heavy (non-hydrogen) atoms. The molecule has 1 aromatic carbocycles. The Balaban J connectivity index is 2.31. The zero-order valence-electron chi connectivity index (χ0n) is 9.54. The van der Waals surface area contributed by atoms with Gasteiger partial charge < -0.3 is 9.73 Å². The fourth-order valence-corrected chi connectivity index (χ4v) is 1.54. The van der Waals surface area contributed by atoms with Gasteiger partial charge in [-0.1, -0.05) is 6.07 Å². The quantitative estimate of drug-likeness (QED) is 0.664. The van der Waals surface area contributed by atoms with Crippen molar-refractivity contribution in [3.8, 4) is 0 Å². The van der Waals surface area contributed by atoms with Crippen molar-refractivity contribution in [2.45, 2.75) is 6.92 Å². The van der Waals surface area contributed by atoms with Crippen LogP contribution in [0.25, 0.3) is 0 Å². The Labute approximate surface area is 102 Å². The number of nitro benzene ring substituents is 1. The molecule has 1 heterocycles. The third-order valence-electron chi connectivity index (χ3n) is 2.24. The zero-order valence-corrected chi connectivity index (χ0v) is 9.54. The molecular formula is C12H10N2O4. The van der Waals surface area contributed by atoms with Crippen molar-refractivity contribution >= 4 is 17.1 Å². The van der Waals surface area contributed by atoms with Crippen LogP contribution in [0, 0.1) is 17.0 Å². The van der Waals surface area contributed by atoms with E-state index in [1.807, 2.05) is 0 Å². The van der Waals surface area contributed by atoms with Crippen molar-refractivity contribution < 1.29 is 9.34 Å². The molecule has 0 atom stereocenters. The van der Waals surface area contributed by atoms with Crippen LogP contribution in [0.15, 0.2) is 45.6 Å². The largest absolute Gasteiger partial charge is 0.428 e. The summed E-state index contributed by atoms with van der Waals surface area (Å²) < 4.78 is 4.81. The molecule has 0 saturated carbocycles. The van der Waals surface area contributed by atoms with E-state index < -0.39 is 10.5 Å². The van der Waals surface area contributed by atoms with Crippen molar-refractivity contribution in [3.63, 3.8) is 0 Å². The summed E-state index contributed by atoms with van der Waals surface area (Å²) >= 11 is 0. The second kappa shape index (κ2) is 4.70. The Bertz CT molecular complexity index is 649. The molecule has 6 heteroatoms. The molecule has 0 aliphatic carbocycles. The zero-order chi connectivity index (χ0) is 13.1. The molecule has 0 radical (unpaired) electrons. The summed E-state index contributed by atoms with van der Waals surface area (Å²) in [5, 5.41) is 13.5. The minimum absolute atomic E-state index is 0.0142. The summed E-state index contributed by atoms with van der Waals surface area (Å²) in [5.74, 6) is 0.468. The highest BCUT2D eigenvalue weighted by Gasteiger charge is 2.06. The molecule has 2 rings (SSSR count). The topological polar surface area (TPSA) is 85.4 Å². The lowest BCUT2D eigenvalue weighted by Gasteiger charge is -2.05. The highest BCUT2D eigenvalue weighted by Crippen LogP contribution is 2.20. The van der Waals surface area contributed by atoms with Crippen LogP contribution in [0.2, 0.25) is 0 Å². The summed E-state index contributed by atoms with van der Waals surface area (Å²) in [5.41, 5.74) is 0.584. The van der Waals surface area contributed by atoms with Gasteiger partial charge in [-0.25, -0.2) is 4.79 Å². The Morgan fingerprint density at radius 1 is 1.22 bits per heavy atom. The van der Waals surface area contributed by atoms with E-state index in [2.05, 4.69) is 5.32 Å². The minimum Gasteiger partial charge on any atom is -0.428 e. The number of aryl methyl sites for hydroxylation is 1. The number of hydrogen-bond donors (Lipinski definition) is 1. The standard InChI is InChI=1S/C12H10N2O4/c1-8-5-10(7-12(15)18-8)13-9-3-2-4-11(6-9)14(16)17/h2-7,13H,1H3. The maximum absolute atomic E-state index is 11.2. The Morgan fingerprint density at radius 3 is 2.67 bits per heavy atom. The smallest absolute Gasteiger partial charge is 0.337 e. The lowest BCUT2D eigenvalue weighted by molar-refractivity contribution is -0.384. The Morgan fingerprint density at radius 2 is 2.00 bits per heavy atom. The van der Waals surface area contributed by atoms with Gasteiger partial charge in [0.25, 0.3) is 5.69 Å². The van der Waals surface area contributed by atoms with Crippen molar-refractivity contribution in [1.29, 1.82) is 0 Å². The van der Waals surface area contributed by atoms with Gasteiger partial charge in [-0.2, -0.15) is 0 Å². The van der Waals surface area contributed by atoms with Gasteiger partial charge in [0.05, 0.1) is 4.92 Å². The number of anilines is 2. The van der Waals surface area contributed by atoms with E-state index in [-0.39, 0.29) is 5.69 Å². The maximum Gasteiger partial charge on any atom is 0.337 e. The van der Waals surface area contributed by atoms with Crippen LogP contribution in [0.4, 0.5) is 17.1 Å². The second-order valence-corrected chi connectivity index (χ2v) is 3.71. The monoisotopic (exact) mass is 246 g/mol. The molecular weight excluding hydrogens is 236 g/mol. The molecule has 0 fully saturated rings. The van der Waals surface area contributed by atoms with Crippen molar-refractivity contribution in [2.24, 2.45) is 0 Å². The fraction of sp³-hybridized carbons (Fsp3) is 0.0833. The van der Waals surface area contributed by atoms with E-state index >= 15 is 0 Å². The number of rotatable bonds is 3. The minimum atomic E-state index is -0.476. The summed E-state index contributed by atoms with van der Waals surface area (Å²) in [6.45, 7) is 1.65. The molecule has 0 aliphatic rings. The van der Waals surface area contributed by atoms with Gasteiger partial charge in [0.1, 0.15) is 5.76 Å². The second-order valence-electron chi connectivity index (χ2n) is 3.71. The molecule has 0 spiro atoms. The predicted octanol–water partition coefficient (Wildman–Crippen LogP) is 2.60. The summed E-state index contributed by atoms with van der Waals surface area (Å²) in [7, 11) is 0. The SMILES string of the molecule is Cc1cc(Nc2cccc([N+](=O)[O-])c2)cc(=O)o1. The highest BCUT2D eigenvalue weighted by molar-refractivity contribution is 5.61. The molecule has 0 aliphatic heterocycles. The van der Waals surface area contributed by atoms with Crippen LogP contribution in [0.1, 0.15) is 5.76 Å². The number of nitrogens with zero attached hydrogens (tertiary/aromatic N) is 1. The normalized spacial score (nSPS) is 10.1. The average Bonchev–Trinajstić information content (AvgIpc) is 2.27.